The molecule has 0 atom stereocenters. The first-order valence-electron chi connectivity index (χ1n) is 7.07. The Labute approximate surface area is 127 Å². The summed E-state index contributed by atoms with van der Waals surface area (Å²) in [4.78, 5) is 11.8. The molecule has 3 N–H and O–H groups in total. The summed E-state index contributed by atoms with van der Waals surface area (Å²) in [6.45, 7) is 0.523. The predicted octanol–water partition coefficient (Wildman–Crippen LogP) is 1.91. The fourth-order valence-corrected chi connectivity index (χ4v) is 2.17. The van der Waals surface area contributed by atoms with Crippen LogP contribution in [-0.4, -0.2) is 34.1 Å². The van der Waals surface area contributed by atoms with Crippen LogP contribution >= 0.6 is 0 Å². The minimum absolute atomic E-state index is 0.0818. The second kappa shape index (κ2) is 5.76. The van der Waals surface area contributed by atoms with Gasteiger partial charge in [-0.3, -0.25) is 0 Å². The van der Waals surface area contributed by atoms with E-state index in [1.54, 1.807) is 18.2 Å². The molecule has 2 amide bonds. The molecule has 1 aromatic carbocycles. The number of nitrogens with one attached hydrogen (secondary N) is 2. The lowest BCUT2D eigenvalue weighted by Gasteiger charge is -2.12. The monoisotopic (exact) mass is 304 g/mol. The molecule has 1 fully saturated rings. The second-order valence-electron chi connectivity index (χ2n) is 5.59. The molecule has 6 nitrogen and oxygen atoms in total. The number of carbonyl (C=O) groups is 1. The van der Waals surface area contributed by atoms with Crippen LogP contribution < -0.4 is 10.6 Å². The summed E-state index contributed by atoms with van der Waals surface area (Å²) < 4.78 is 15.0. The maximum Gasteiger partial charge on any atom is 0.319 e. The number of urea groups is 1. The molecule has 1 saturated carbocycles. The van der Waals surface area contributed by atoms with Crippen LogP contribution in [0, 0.1) is 11.2 Å². The lowest BCUT2D eigenvalue weighted by atomic mass is 10.1. The molecule has 0 unspecified atom stereocenters. The summed E-state index contributed by atoms with van der Waals surface area (Å²) in [6, 6.07) is 5.89. The van der Waals surface area contributed by atoms with Gasteiger partial charge in [-0.1, -0.05) is 12.1 Å². The first kappa shape index (κ1) is 14.5. The van der Waals surface area contributed by atoms with Crippen molar-refractivity contribution in [2.24, 2.45) is 5.41 Å². The van der Waals surface area contributed by atoms with Gasteiger partial charge < -0.3 is 15.7 Å². The van der Waals surface area contributed by atoms with E-state index in [9.17, 15) is 14.3 Å². The molecule has 1 aromatic heterocycles. The molecule has 0 aliphatic heterocycles. The Morgan fingerprint density at radius 1 is 1.41 bits per heavy atom. The van der Waals surface area contributed by atoms with E-state index in [1.807, 2.05) is 0 Å². The maximum absolute atomic E-state index is 13.7. The number of aromatic nitrogens is 2. The van der Waals surface area contributed by atoms with Crippen LogP contribution in [-0.2, 0) is 0 Å². The molecule has 0 radical (unpaired) electrons. The van der Waals surface area contributed by atoms with Gasteiger partial charge in [-0.2, -0.15) is 5.10 Å². The van der Waals surface area contributed by atoms with Crippen LogP contribution in [0.15, 0.2) is 36.7 Å². The highest BCUT2D eigenvalue weighted by Crippen LogP contribution is 2.44. The molecule has 0 bridgehead atoms. The van der Waals surface area contributed by atoms with Crippen molar-refractivity contribution in [3.8, 4) is 5.69 Å². The predicted molar refractivity (Wildman–Crippen MR) is 79.3 cm³/mol. The van der Waals surface area contributed by atoms with Gasteiger partial charge in [-0.25, -0.2) is 13.9 Å². The Morgan fingerprint density at radius 3 is 2.86 bits per heavy atom. The van der Waals surface area contributed by atoms with Crippen molar-refractivity contribution in [1.82, 2.24) is 15.1 Å². The Hall–Kier alpha value is -2.41. The van der Waals surface area contributed by atoms with Crippen molar-refractivity contribution >= 4 is 11.7 Å². The number of halogens is 1. The fourth-order valence-electron chi connectivity index (χ4n) is 2.17. The van der Waals surface area contributed by atoms with Crippen LogP contribution in [0.5, 0.6) is 0 Å². The minimum Gasteiger partial charge on any atom is -0.396 e. The lowest BCUT2D eigenvalue weighted by Crippen LogP contribution is -2.34. The summed E-state index contributed by atoms with van der Waals surface area (Å²) in [5, 5.41) is 18.6. The van der Waals surface area contributed by atoms with E-state index in [-0.39, 0.29) is 23.9 Å². The molecule has 0 spiro atoms. The SMILES string of the molecule is O=C(NCC1(CO)CC1)Nc1cnn(-c2ccccc2F)c1. The number of anilines is 1. The van der Waals surface area contributed by atoms with Gasteiger partial charge in [0.05, 0.1) is 24.7 Å². The third kappa shape index (κ3) is 3.09. The number of para-hydroxylation sites is 1. The number of aliphatic hydroxyl groups is 1. The number of hydrogen-bond acceptors (Lipinski definition) is 3. The number of carbonyl (C=O) groups excluding carboxylic acids is 1. The van der Waals surface area contributed by atoms with Gasteiger partial charge in [0.15, 0.2) is 0 Å². The molecule has 7 heteroatoms. The minimum atomic E-state index is -0.389. The largest absolute Gasteiger partial charge is 0.396 e. The first-order chi connectivity index (χ1) is 10.6. The Bertz CT molecular complexity index is 682. The summed E-state index contributed by atoms with van der Waals surface area (Å²) >= 11 is 0. The Kier molecular flexibility index (Phi) is 3.81. The van der Waals surface area contributed by atoms with Crippen molar-refractivity contribution in [3.63, 3.8) is 0 Å². The summed E-state index contributed by atoms with van der Waals surface area (Å²) in [6.07, 6.45) is 4.84. The molecule has 1 heterocycles. The number of aliphatic hydroxyl groups excluding tert-OH is 1. The fraction of sp³-hybridized carbons (Fsp3) is 0.333. The highest BCUT2D eigenvalue weighted by atomic mass is 19.1. The molecular formula is C15H17FN4O2. The van der Waals surface area contributed by atoms with Crippen LogP contribution in [0.3, 0.4) is 0 Å². The van der Waals surface area contributed by atoms with Crippen molar-refractivity contribution in [1.29, 1.82) is 0 Å². The van der Waals surface area contributed by atoms with Gasteiger partial charge >= 0.3 is 6.03 Å². The van der Waals surface area contributed by atoms with Gasteiger partial charge in [0.2, 0.25) is 0 Å². The van der Waals surface area contributed by atoms with Gasteiger partial charge in [0.25, 0.3) is 0 Å². The maximum atomic E-state index is 13.7. The summed E-state index contributed by atoms with van der Waals surface area (Å²) in [7, 11) is 0. The van der Waals surface area contributed by atoms with Crippen LogP contribution in [0.2, 0.25) is 0 Å². The smallest absolute Gasteiger partial charge is 0.319 e. The van der Waals surface area contributed by atoms with E-state index in [4.69, 9.17) is 0 Å². The molecule has 0 saturated heterocycles. The second-order valence-corrected chi connectivity index (χ2v) is 5.59. The van der Waals surface area contributed by atoms with Gasteiger partial charge in [-0.15, -0.1) is 0 Å². The number of amides is 2. The Balaban J connectivity index is 1.60. The highest BCUT2D eigenvalue weighted by Gasteiger charge is 2.42. The van der Waals surface area contributed by atoms with E-state index in [2.05, 4.69) is 15.7 Å². The van der Waals surface area contributed by atoms with E-state index in [0.717, 1.165) is 12.8 Å². The molecule has 2 aromatic rings. The van der Waals surface area contributed by atoms with E-state index in [1.165, 1.54) is 23.1 Å². The Morgan fingerprint density at radius 2 is 2.18 bits per heavy atom. The standard InChI is InChI=1S/C15H17FN4O2/c16-12-3-1-2-4-13(12)20-8-11(7-18-20)19-14(22)17-9-15(10-21)5-6-15/h1-4,7-8,21H,5-6,9-10H2,(H2,17,19,22). The zero-order valence-electron chi connectivity index (χ0n) is 11.9. The van der Waals surface area contributed by atoms with Crippen molar-refractivity contribution in [3.05, 3.63) is 42.5 Å². The average molecular weight is 304 g/mol. The van der Waals surface area contributed by atoms with Crippen molar-refractivity contribution < 1.29 is 14.3 Å². The molecule has 22 heavy (non-hydrogen) atoms. The third-order valence-electron chi connectivity index (χ3n) is 3.86. The van der Waals surface area contributed by atoms with E-state index in [0.29, 0.717) is 17.9 Å². The zero-order valence-corrected chi connectivity index (χ0v) is 11.9. The summed E-state index contributed by atoms with van der Waals surface area (Å²) in [5.74, 6) is -0.389. The molecule has 3 rings (SSSR count). The van der Waals surface area contributed by atoms with E-state index >= 15 is 0 Å². The van der Waals surface area contributed by atoms with Crippen molar-refractivity contribution in [2.75, 3.05) is 18.5 Å². The number of rotatable bonds is 5. The quantitative estimate of drug-likeness (QED) is 0.789. The van der Waals surface area contributed by atoms with Gasteiger partial charge in [0, 0.05) is 12.0 Å². The van der Waals surface area contributed by atoms with Crippen LogP contribution in [0.4, 0.5) is 14.9 Å². The number of benzene rings is 1. The van der Waals surface area contributed by atoms with E-state index < -0.39 is 0 Å². The van der Waals surface area contributed by atoms with Gasteiger partial charge in [0.1, 0.15) is 11.5 Å². The lowest BCUT2D eigenvalue weighted by molar-refractivity contribution is 0.206. The zero-order chi connectivity index (χ0) is 15.6. The van der Waals surface area contributed by atoms with Crippen molar-refractivity contribution in [2.45, 2.75) is 12.8 Å². The normalized spacial score (nSPS) is 15.4. The van der Waals surface area contributed by atoms with Crippen LogP contribution in [0.1, 0.15) is 12.8 Å². The number of nitrogens with zero attached hydrogens (tertiary/aromatic N) is 2. The summed E-state index contributed by atoms with van der Waals surface area (Å²) in [5.41, 5.74) is 0.636. The molecule has 1 aliphatic carbocycles. The van der Waals surface area contributed by atoms with Gasteiger partial charge in [-0.05, 0) is 25.0 Å². The molecule has 1 aliphatic rings. The topological polar surface area (TPSA) is 79.2 Å². The third-order valence-corrected chi connectivity index (χ3v) is 3.86. The molecule has 116 valence electrons. The average Bonchev–Trinajstić information content (AvgIpc) is 3.17. The van der Waals surface area contributed by atoms with Crippen LogP contribution in [0.25, 0.3) is 5.69 Å². The number of hydrogen-bond donors (Lipinski definition) is 3. The first-order valence-corrected chi connectivity index (χ1v) is 7.07. The highest BCUT2D eigenvalue weighted by molar-refractivity contribution is 5.89. The molecular weight excluding hydrogens is 287 g/mol.